The second-order valence-corrected chi connectivity index (χ2v) is 4.08. The molecule has 84 valence electrons. The van der Waals surface area contributed by atoms with Crippen molar-refractivity contribution < 1.29 is 9.53 Å². The number of carbonyl (C=O) groups is 1. The highest BCUT2D eigenvalue weighted by Crippen LogP contribution is 2.24. The summed E-state index contributed by atoms with van der Waals surface area (Å²) in [5.74, 6) is 1.14. The predicted octanol–water partition coefficient (Wildman–Crippen LogP) is 3.23. The molecule has 0 aliphatic heterocycles. The fraction of sp³-hybridized carbons (Fsp3) is 0.357. The topological polar surface area (TPSA) is 26.3 Å². The van der Waals surface area contributed by atoms with Crippen LogP contribution in [0.1, 0.15) is 29.6 Å². The number of benzene rings is 1. The summed E-state index contributed by atoms with van der Waals surface area (Å²) in [5, 5.41) is 0. The lowest BCUT2D eigenvalue weighted by Gasteiger charge is -2.16. The highest BCUT2D eigenvalue weighted by molar-refractivity contribution is 5.98. The molecule has 2 rings (SSSR count). The van der Waals surface area contributed by atoms with E-state index in [4.69, 9.17) is 4.74 Å². The first-order valence-corrected chi connectivity index (χ1v) is 5.64. The highest BCUT2D eigenvalue weighted by Gasteiger charge is 2.20. The van der Waals surface area contributed by atoms with Crippen LogP contribution in [-0.2, 0) is 0 Å². The maximum atomic E-state index is 12.2. The third-order valence-electron chi connectivity index (χ3n) is 2.99. The zero-order valence-electron chi connectivity index (χ0n) is 9.48. The monoisotopic (exact) mass is 216 g/mol. The molecule has 1 aliphatic rings. The van der Waals surface area contributed by atoms with E-state index >= 15 is 0 Å². The summed E-state index contributed by atoms with van der Waals surface area (Å²) in [4.78, 5) is 12.2. The molecule has 0 radical (unpaired) electrons. The van der Waals surface area contributed by atoms with Crippen molar-refractivity contribution in [2.45, 2.75) is 19.3 Å². The average Bonchev–Trinajstić information content (AvgIpc) is 2.39. The normalized spacial score (nSPS) is 19.4. The summed E-state index contributed by atoms with van der Waals surface area (Å²) < 4.78 is 5.13. The van der Waals surface area contributed by atoms with Crippen LogP contribution in [0.5, 0.6) is 5.75 Å². The fourth-order valence-electron chi connectivity index (χ4n) is 2.04. The molecular formula is C14H16O2. The lowest BCUT2D eigenvalue weighted by Crippen LogP contribution is -2.15. The third-order valence-corrected chi connectivity index (χ3v) is 2.99. The largest absolute Gasteiger partial charge is 0.497 e. The number of hydrogen-bond donors (Lipinski definition) is 0. The summed E-state index contributed by atoms with van der Waals surface area (Å²) in [6.45, 7) is 0. The summed E-state index contributed by atoms with van der Waals surface area (Å²) in [5.41, 5.74) is 0.764. The Bertz CT molecular complexity index is 407. The smallest absolute Gasteiger partial charge is 0.166 e. The number of rotatable bonds is 3. The number of carbonyl (C=O) groups excluding carboxylic acids is 1. The molecule has 2 nitrogen and oxygen atoms in total. The predicted molar refractivity (Wildman–Crippen MR) is 63.8 cm³/mol. The first-order chi connectivity index (χ1) is 7.81. The second-order valence-electron chi connectivity index (χ2n) is 4.08. The van der Waals surface area contributed by atoms with E-state index in [2.05, 4.69) is 12.2 Å². The van der Waals surface area contributed by atoms with Gasteiger partial charge in [-0.25, -0.2) is 0 Å². The van der Waals surface area contributed by atoms with Gasteiger partial charge in [0.15, 0.2) is 5.78 Å². The molecule has 1 atom stereocenters. The number of ether oxygens (including phenoxy) is 1. The molecule has 0 saturated heterocycles. The van der Waals surface area contributed by atoms with Crippen LogP contribution >= 0.6 is 0 Å². The van der Waals surface area contributed by atoms with Crippen LogP contribution in [0.25, 0.3) is 0 Å². The van der Waals surface area contributed by atoms with Crippen LogP contribution in [0.2, 0.25) is 0 Å². The minimum absolute atomic E-state index is 0.150. The Balaban J connectivity index is 2.16. The lowest BCUT2D eigenvalue weighted by atomic mass is 9.87. The minimum Gasteiger partial charge on any atom is -0.497 e. The maximum absolute atomic E-state index is 12.2. The van der Waals surface area contributed by atoms with Gasteiger partial charge in [-0.2, -0.15) is 0 Å². The zero-order chi connectivity index (χ0) is 11.4. The van der Waals surface area contributed by atoms with E-state index in [-0.39, 0.29) is 11.7 Å². The highest BCUT2D eigenvalue weighted by atomic mass is 16.5. The molecule has 0 saturated carbocycles. The Labute approximate surface area is 95.9 Å². The van der Waals surface area contributed by atoms with Crippen molar-refractivity contribution in [3.05, 3.63) is 42.0 Å². The van der Waals surface area contributed by atoms with E-state index in [9.17, 15) is 4.79 Å². The molecule has 1 aromatic rings. The molecule has 0 heterocycles. The van der Waals surface area contributed by atoms with Gasteiger partial charge < -0.3 is 4.74 Å². The van der Waals surface area contributed by atoms with Crippen LogP contribution in [0, 0.1) is 5.92 Å². The second kappa shape index (κ2) is 4.97. The number of ketones is 1. The van der Waals surface area contributed by atoms with Crippen LogP contribution in [-0.4, -0.2) is 12.9 Å². The summed E-state index contributed by atoms with van der Waals surface area (Å²) in [6, 6.07) is 7.41. The summed E-state index contributed by atoms with van der Waals surface area (Å²) in [7, 11) is 1.62. The minimum atomic E-state index is 0.150. The zero-order valence-corrected chi connectivity index (χ0v) is 9.48. The van der Waals surface area contributed by atoms with E-state index in [1.165, 1.54) is 0 Å². The molecular weight excluding hydrogens is 200 g/mol. The van der Waals surface area contributed by atoms with Crippen molar-refractivity contribution in [3.63, 3.8) is 0 Å². The van der Waals surface area contributed by atoms with Crippen molar-refractivity contribution in [3.8, 4) is 5.75 Å². The molecule has 1 aromatic carbocycles. The molecule has 0 fully saturated rings. The first kappa shape index (κ1) is 10.9. The number of hydrogen-bond acceptors (Lipinski definition) is 2. The van der Waals surface area contributed by atoms with Crippen molar-refractivity contribution in [2.75, 3.05) is 7.11 Å². The molecule has 2 heteroatoms. The van der Waals surface area contributed by atoms with Gasteiger partial charge in [-0.05, 0) is 31.4 Å². The van der Waals surface area contributed by atoms with E-state index in [1.807, 2.05) is 24.3 Å². The Morgan fingerprint density at radius 2 is 2.25 bits per heavy atom. The number of allylic oxidation sites excluding steroid dienone is 2. The summed E-state index contributed by atoms with van der Waals surface area (Å²) >= 11 is 0. The van der Waals surface area contributed by atoms with Crippen LogP contribution in [0.4, 0.5) is 0 Å². The molecule has 0 bridgehead atoms. The Hall–Kier alpha value is -1.57. The SMILES string of the molecule is COc1cccc(C(=O)C2CC=CCC2)c1. The maximum Gasteiger partial charge on any atom is 0.166 e. The molecule has 0 aromatic heterocycles. The van der Waals surface area contributed by atoms with Crippen LogP contribution < -0.4 is 4.74 Å². The van der Waals surface area contributed by atoms with Crippen molar-refractivity contribution in [1.29, 1.82) is 0 Å². The fourth-order valence-corrected chi connectivity index (χ4v) is 2.04. The Kier molecular flexibility index (Phi) is 3.40. The Morgan fingerprint density at radius 1 is 1.38 bits per heavy atom. The lowest BCUT2D eigenvalue weighted by molar-refractivity contribution is 0.0912. The number of Topliss-reactive ketones (excluding diaryl/α,β-unsaturated/α-hetero) is 1. The third kappa shape index (κ3) is 2.32. The van der Waals surface area contributed by atoms with Gasteiger partial charge in [0.1, 0.15) is 5.75 Å². The first-order valence-electron chi connectivity index (χ1n) is 5.64. The van der Waals surface area contributed by atoms with Crippen LogP contribution in [0.15, 0.2) is 36.4 Å². The van der Waals surface area contributed by atoms with Gasteiger partial charge in [0.2, 0.25) is 0 Å². The quantitative estimate of drug-likeness (QED) is 0.572. The van der Waals surface area contributed by atoms with Gasteiger partial charge in [-0.3, -0.25) is 4.79 Å². The number of methoxy groups -OCH3 is 1. The molecule has 0 spiro atoms. The molecule has 0 amide bonds. The van der Waals surface area contributed by atoms with Crippen molar-refractivity contribution in [1.82, 2.24) is 0 Å². The van der Waals surface area contributed by atoms with Gasteiger partial charge >= 0.3 is 0 Å². The van der Waals surface area contributed by atoms with Crippen LogP contribution in [0.3, 0.4) is 0 Å². The molecule has 0 N–H and O–H groups in total. The van der Waals surface area contributed by atoms with E-state index in [0.29, 0.717) is 0 Å². The Morgan fingerprint density at radius 3 is 2.94 bits per heavy atom. The average molecular weight is 216 g/mol. The van der Waals surface area contributed by atoms with Gasteiger partial charge in [-0.15, -0.1) is 0 Å². The van der Waals surface area contributed by atoms with E-state index in [0.717, 1.165) is 30.6 Å². The van der Waals surface area contributed by atoms with E-state index < -0.39 is 0 Å². The van der Waals surface area contributed by atoms with E-state index in [1.54, 1.807) is 7.11 Å². The van der Waals surface area contributed by atoms with Gasteiger partial charge in [-0.1, -0.05) is 24.3 Å². The standard InChI is InChI=1S/C14H16O2/c1-16-13-9-5-8-12(10-13)14(15)11-6-3-2-4-7-11/h2-3,5,8-11H,4,6-7H2,1H3. The molecule has 16 heavy (non-hydrogen) atoms. The molecule has 1 unspecified atom stereocenters. The summed E-state index contributed by atoms with van der Waals surface area (Å²) in [6.07, 6.45) is 7.10. The van der Waals surface area contributed by atoms with Crippen molar-refractivity contribution >= 4 is 5.78 Å². The van der Waals surface area contributed by atoms with Gasteiger partial charge in [0.25, 0.3) is 0 Å². The van der Waals surface area contributed by atoms with Gasteiger partial charge in [0.05, 0.1) is 7.11 Å². The van der Waals surface area contributed by atoms with Gasteiger partial charge in [0, 0.05) is 11.5 Å². The molecule has 1 aliphatic carbocycles. The van der Waals surface area contributed by atoms with Crippen molar-refractivity contribution in [2.24, 2.45) is 5.92 Å².